The lowest BCUT2D eigenvalue weighted by atomic mass is 10.2. The number of ether oxygens (including phenoxy) is 2. The van der Waals surface area contributed by atoms with Crippen molar-refractivity contribution in [2.24, 2.45) is 0 Å². The first-order valence-corrected chi connectivity index (χ1v) is 10.3. The van der Waals surface area contributed by atoms with Gasteiger partial charge in [0.1, 0.15) is 5.75 Å². The molecule has 0 unspecified atom stereocenters. The van der Waals surface area contributed by atoms with Gasteiger partial charge in [0.05, 0.1) is 5.31 Å². The number of methoxy groups -OCH3 is 1. The molecule has 0 heterocycles. The van der Waals surface area contributed by atoms with Crippen molar-refractivity contribution in [2.45, 2.75) is 0 Å². The van der Waals surface area contributed by atoms with Gasteiger partial charge in [-0.1, -0.05) is 79.4 Å². The van der Waals surface area contributed by atoms with Crippen LogP contribution in [0.5, 0.6) is 5.75 Å². The largest absolute Gasteiger partial charge is 0.467 e. The fourth-order valence-electron chi connectivity index (χ4n) is 2.97. The maximum absolute atomic E-state index is 14.5. The molecule has 0 aromatic heterocycles. The Balaban J connectivity index is 2.24. The first-order chi connectivity index (χ1) is 13.2. The Bertz CT molecular complexity index is 947. The normalized spacial score (nSPS) is 10.9. The van der Waals surface area contributed by atoms with Crippen LogP contribution in [-0.4, -0.2) is 13.9 Å². The molecule has 0 N–H and O–H groups in total. The maximum Gasteiger partial charge on any atom is 0.188 e. The first-order valence-electron chi connectivity index (χ1n) is 8.55. The van der Waals surface area contributed by atoms with Crippen LogP contribution < -0.4 is 15.3 Å². The van der Waals surface area contributed by atoms with Gasteiger partial charge in [-0.05, 0) is 12.1 Å². The van der Waals surface area contributed by atoms with Gasteiger partial charge in [-0.3, -0.25) is 0 Å². The molecule has 0 spiro atoms. The number of hydrogen-bond acceptors (Lipinski definition) is 3. The van der Waals surface area contributed by atoms with E-state index < -0.39 is 7.14 Å². The summed E-state index contributed by atoms with van der Waals surface area (Å²) in [5.74, 6) is 0.581. The molecular formula is C23H21O3P. The van der Waals surface area contributed by atoms with Gasteiger partial charge in [0.2, 0.25) is 0 Å². The predicted octanol–water partition coefficient (Wildman–Crippen LogP) is 4.81. The summed E-state index contributed by atoms with van der Waals surface area (Å²) in [4.78, 5) is 0. The van der Waals surface area contributed by atoms with Crippen molar-refractivity contribution in [1.82, 2.24) is 0 Å². The van der Waals surface area contributed by atoms with E-state index in [9.17, 15) is 4.57 Å². The molecule has 4 heteroatoms. The Labute approximate surface area is 160 Å². The van der Waals surface area contributed by atoms with Gasteiger partial charge in [-0.2, -0.15) is 0 Å². The van der Waals surface area contributed by atoms with E-state index in [0.29, 0.717) is 16.6 Å². The topological polar surface area (TPSA) is 35.5 Å². The third kappa shape index (κ3) is 3.82. The highest BCUT2D eigenvalue weighted by Crippen LogP contribution is 2.57. The Morgan fingerprint density at radius 1 is 0.889 bits per heavy atom. The SMILES string of the molecule is C=C=C(c1ccccc1OCOC)P(=O)(c1ccccc1)c1ccccc1. The van der Waals surface area contributed by atoms with E-state index >= 15 is 0 Å². The lowest BCUT2D eigenvalue weighted by Crippen LogP contribution is -2.17. The van der Waals surface area contributed by atoms with E-state index in [1.807, 2.05) is 84.9 Å². The monoisotopic (exact) mass is 376 g/mol. The number of benzene rings is 3. The summed E-state index contributed by atoms with van der Waals surface area (Å²) in [5, 5.41) is 1.97. The van der Waals surface area contributed by atoms with Gasteiger partial charge in [-0.25, -0.2) is 0 Å². The molecule has 0 saturated carbocycles. The lowest BCUT2D eigenvalue weighted by Gasteiger charge is -2.23. The summed E-state index contributed by atoms with van der Waals surface area (Å²) in [6.07, 6.45) is 0. The molecule has 3 rings (SSSR count). The Kier molecular flexibility index (Phi) is 6.11. The highest BCUT2D eigenvalue weighted by Gasteiger charge is 2.34. The predicted molar refractivity (Wildman–Crippen MR) is 111 cm³/mol. The highest BCUT2D eigenvalue weighted by atomic mass is 31.2. The van der Waals surface area contributed by atoms with Crippen LogP contribution in [0.3, 0.4) is 0 Å². The molecule has 3 aromatic carbocycles. The number of para-hydroxylation sites is 1. The van der Waals surface area contributed by atoms with Gasteiger partial charge in [0.15, 0.2) is 13.9 Å². The van der Waals surface area contributed by atoms with Gasteiger partial charge < -0.3 is 14.0 Å². The van der Waals surface area contributed by atoms with E-state index in [4.69, 9.17) is 9.47 Å². The molecule has 0 bridgehead atoms. The van der Waals surface area contributed by atoms with Crippen molar-refractivity contribution in [2.75, 3.05) is 13.9 Å². The van der Waals surface area contributed by atoms with Crippen molar-refractivity contribution in [3.8, 4) is 5.75 Å². The molecule has 0 aliphatic rings. The molecule has 3 nitrogen and oxygen atoms in total. The second kappa shape index (κ2) is 8.70. The molecule has 0 atom stereocenters. The quantitative estimate of drug-likeness (QED) is 0.337. The summed E-state index contributed by atoms with van der Waals surface area (Å²) in [7, 11) is -1.63. The van der Waals surface area contributed by atoms with Crippen molar-refractivity contribution < 1.29 is 14.0 Å². The molecule has 0 aliphatic carbocycles. The molecule has 3 aromatic rings. The van der Waals surface area contributed by atoms with Crippen molar-refractivity contribution in [1.29, 1.82) is 0 Å². The minimum Gasteiger partial charge on any atom is -0.467 e. The van der Waals surface area contributed by atoms with Crippen molar-refractivity contribution in [3.05, 3.63) is 103 Å². The molecule has 0 radical (unpaired) electrons. The molecule has 136 valence electrons. The zero-order chi connectivity index (χ0) is 19.1. The lowest BCUT2D eigenvalue weighted by molar-refractivity contribution is 0.0509. The number of rotatable bonds is 7. The first kappa shape index (κ1) is 18.9. The van der Waals surface area contributed by atoms with E-state index in [-0.39, 0.29) is 6.79 Å². The van der Waals surface area contributed by atoms with Crippen LogP contribution in [0.2, 0.25) is 0 Å². The molecule has 0 amide bonds. The van der Waals surface area contributed by atoms with E-state index in [1.165, 1.54) is 0 Å². The fraction of sp³-hybridized carbons (Fsp3) is 0.0870. The summed E-state index contributed by atoms with van der Waals surface area (Å²) in [6, 6.07) is 26.3. The average molecular weight is 376 g/mol. The Hall–Kier alpha value is -2.83. The van der Waals surface area contributed by atoms with Crippen molar-refractivity contribution >= 4 is 23.1 Å². The highest BCUT2D eigenvalue weighted by molar-refractivity contribution is 7.87. The third-order valence-electron chi connectivity index (χ3n) is 4.20. The van der Waals surface area contributed by atoms with Gasteiger partial charge >= 0.3 is 0 Å². The van der Waals surface area contributed by atoms with E-state index in [1.54, 1.807) is 7.11 Å². The fourth-order valence-corrected chi connectivity index (χ4v) is 5.72. The molecule has 0 saturated heterocycles. The average Bonchev–Trinajstić information content (AvgIpc) is 2.74. The third-order valence-corrected chi connectivity index (χ3v) is 7.28. The summed E-state index contributed by atoms with van der Waals surface area (Å²) < 4.78 is 25.3. The zero-order valence-electron chi connectivity index (χ0n) is 15.2. The second-order valence-electron chi connectivity index (χ2n) is 5.85. The summed E-state index contributed by atoms with van der Waals surface area (Å²) in [5.41, 5.74) is 3.65. The van der Waals surface area contributed by atoms with Gasteiger partial charge in [0.25, 0.3) is 0 Å². The molecular weight excluding hydrogens is 355 g/mol. The minimum absolute atomic E-state index is 0.0996. The van der Waals surface area contributed by atoms with Crippen LogP contribution in [0, 0.1) is 0 Å². The molecule has 27 heavy (non-hydrogen) atoms. The zero-order valence-corrected chi connectivity index (χ0v) is 16.1. The minimum atomic E-state index is -3.19. The van der Waals surface area contributed by atoms with Crippen LogP contribution in [0.15, 0.2) is 97.2 Å². The molecule has 0 fully saturated rings. The van der Waals surface area contributed by atoms with Crippen LogP contribution >= 0.6 is 7.14 Å². The van der Waals surface area contributed by atoms with E-state index in [2.05, 4.69) is 12.3 Å². The van der Waals surface area contributed by atoms with Crippen LogP contribution in [0.25, 0.3) is 5.31 Å². The maximum atomic E-state index is 14.5. The van der Waals surface area contributed by atoms with Gasteiger partial charge in [0, 0.05) is 23.3 Å². The second-order valence-corrected chi connectivity index (χ2v) is 8.55. The van der Waals surface area contributed by atoms with Gasteiger partial charge in [-0.15, -0.1) is 5.73 Å². The smallest absolute Gasteiger partial charge is 0.188 e. The van der Waals surface area contributed by atoms with E-state index in [0.717, 1.165) is 10.6 Å². The van der Waals surface area contributed by atoms with Crippen molar-refractivity contribution in [3.63, 3.8) is 0 Å². The van der Waals surface area contributed by atoms with Crippen LogP contribution in [0.4, 0.5) is 0 Å². The summed E-state index contributed by atoms with van der Waals surface area (Å²) in [6.45, 7) is 3.95. The Morgan fingerprint density at radius 3 is 1.93 bits per heavy atom. The van der Waals surface area contributed by atoms with Crippen LogP contribution in [-0.2, 0) is 9.30 Å². The number of hydrogen-bond donors (Lipinski definition) is 0. The molecule has 0 aliphatic heterocycles. The Morgan fingerprint density at radius 2 is 1.41 bits per heavy atom. The standard InChI is InChI=1S/C23H21O3P/c1-3-23(21-16-10-11-17-22(21)26-18-25-2)27(24,19-12-6-4-7-13-19)20-14-8-5-9-15-20/h4-17H,1,18H2,2H3. The summed E-state index contributed by atoms with van der Waals surface area (Å²) >= 11 is 0. The van der Waals surface area contributed by atoms with Crippen LogP contribution in [0.1, 0.15) is 5.56 Å².